The summed E-state index contributed by atoms with van der Waals surface area (Å²) < 4.78 is 0. The average Bonchev–Trinajstić information content (AvgIpc) is 4.41. The summed E-state index contributed by atoms with van der Waals surface area (Å²) in [6, 6.07) is 95.6. The molecule has 0 atom stereocenters. The summed E-state index contributed by atoms with van der Waals surface area (Å²) in [5, 5.41) is 12.7. The third kappa shape index (κ3) is 5.37. The van der Waals surface area contributed by atoms with Gasteiger partial charge in [0.15, 0.2) is 0 Å². The van der Waals surface area contributed by atoms with Gasteiger partial charge in [-0.25, -0.2) is 0 Å². The third-order valence-electron chi connectivity index (χ3n) is 18.4. The zero-order valence-corrected chi connectivity index (χ0v) is 41.4. The van der Waals surface area contributed by atoms with Crippen LogP contribution in [-0.2, 0) is 10.8 Å². The number of anilines is 3. The smallest absolute Gasteiger partial charge is 0.0726 e. The fourth-order valence-corrected chi connectivity index (χ4v) is 15.4. The second kappa shape index (κ2) is 15.3. The molecule has 0 amide bonds. The highest BCUT2D eigenvalue weighted by atomic mass is 15.1. The number of hydrogen-bond donors (Lipinski definition) is 0. The summed E-state index contributed by atoms with van der Waals surface area (Å²) in [5.41, 5.74) is 21.7. The number of hydrogen-bond acceptors (Lipinski definition) is 1. The normalized spacial score (nSPS) is 14.9. The molecule has 0 unspecified atom stereocenters. The molecule has 4 aliphatic carbocycles. The average molecular weight is 952 g/mol. The molecule has 13 aromatic carbocycles. The maximum atomic E-state index is 2.70. The topological polar surface area (TPSA) is 3.24 Å². The highest BCUT2D eigenvalue weighted by Gasteiger charge is 2.52. The molecule has 0 heterocycles. The SMILES string of the molecule is c1ccc2c(c1)-c1c(N(c3ccc4c5ccccc5c5ccccc5c4c3)c3cc4c(cc3-c3cc5ccccc5c5ccccc35)-c3ccccc3C43c4ccccc4-c4ccccc43)cccc1C21CCCC1. The minimum atomic E-state index is -0.541. The molecule has 0 aliphatic heterocycles. The van der Waals surface area contributed by atoms with E-state index in [1.165, 1.54) is 169 Å². The van der Waals surface area contributed by atoms with Crippen LogP contribution >= 0.6 is 0 Å². The molecular weight excluding hydrogens is 903 g/mol. The van der Waals surface area contributed by atoms with Crippen LogP contribution in [0.4, 0.5) is 17.1 Å². The minimum absolute atomic E-state index is 0.00953. The van der Waals surface area contributed by atoms with Crippen molar-refractivity contribution in [3.63, 3.8) is 0 Å². The lowest BCUT2D eigenvalue weighted by Gasteiger charge is -2.34. The summed E-state index contributed by atoms with van der Waals surface area (Å²) in [5.74, 6) is 0. The van der Waals surface area contributed by atoms with Gasteiger partial charge in [-0.1, -0.05) is 225 Å². The van der Waals surface area contributed by atoms with Crippen molar-refractivity contribution in [2.75, 3.05) is 4.90 Å². The van der Waals surface area contributed by atoms with Gasteiger partial charge in [0.05, 0.1) is 16.8 Å². The molecule has 0 bridgehead atoms. The number of rotatable bonds is 4. The Labute approximate surface area is 436 Å². The van der Waals surface area contributed by atoms with Crippen LogP contribution in [-0.4, -0.2) is 0 Å². The van der Waals surface area contributed by atoms with Gasteiger partial charge in [0.2, 0.25) is 0 Å². The first-order valence-electron chi connectivity index (χ1n) is 27.0. The largest absolute Gasteiger partial charge is 0.309 e. The van der Waals surface area contributed by atoms with Crippen LogP contribution in [0, 0.1) is 0 Å². The second-order valence-corrected chi connectivity index (χ2v) is 21.7. The summed E-state index contributed by atoms with van der Waals surface area (Å²) in [6.07, 6.45) is 4.82. The number of benzene rings is 13. The van der Waals surface area contributed by atoms with Gasteiger partial charge in [-0.15, -0.1) is 0 Å². The quantitative estimate of drug-likeness (QED) is 0.159. The standard InChI is InChI=1S/C74H49N/c1-2-21-48-46(20-1)42-60(53-26-7-3-22-49(48)53)63-44-62-58-30-11-16-35-67(58)74(65-33-14-9-28-56(65)57-29-10-15-34-66(57)74)69(62)45-71(63)75(70-37-19-36-68-72(70)59-31-12-13-32-64(59)73(68)40-17-18-41-73)47-38-39-55-52-25-5-4-23-50(52)51-24-6-8-27-54(51)61(55)43-47/h1-16,19-39,42-45H,17-18,40-41H2. The molecule has 1 fully saturated rings. The Kier molecular flexibility index (Phi) is 8.43. The molecule has 1 saturated carbocycles. The maximum Gasteiger partial charge on any atom is 0.0726 e. The highest BCUT2D eigenvalue weighted by molar-refractivity contribution is 6.26. The zero-order valence-electron chi connectivity index (χ0n) is 41.4. The van der Waals surface area contributed by atoms with E-state index < -0.39 is 5.41 Å². The van der Waals surface area contributed by atoms with Crippen molar-refractivity contribution in [3.8, 4) is 44.5 Å². The predicted molar refractivity (Wildman–Crippen MR) is 315 cm³/mol. The van der Waals surface area contributed by atoms with Gasteiger partial charge < -0.3 is 4.90 Å². The summed E-state index contributed by atoms with van der Waals surface area (Å²) in [6.45, 7) is 0. The van der Waals surface area contributed by atoms with Crippen molar-refractivity contribution < 1.29 is 0 Å². The van der Waals surface area contributed by atoms with E-state index in [1.54, 1.807) is 0 Å². The fraction of sp³-hybridized carbons (Fsp3) is 0.0811. The molecular formula is C74H49N. The molecule has 0 N–H and O–H groups in total. The van der Waals surface area contributed by atoms with Crippen molar-refractivity contribution in [1.29, 1.82) is 0 Å². The lowest BCUT2D eigenvalue weighted by Crippen LogP contribution is -2.26. The molecule has 4 aliphatic rings. The van der Waals surface area contributed by atoms with Gasteiger partial charge in [-0.2, -0.15) is 0 Å². The Morgan fingerprint density at radius 3 is 1.39 bits per heavy atom. The van der Waals surface area contributed by atoms with Crippen molar-refractivity contribution >= 4 is 70.9 Å². The highest BCUT2D eigenvalue weighted by Crippen LogP contribution is 2.66. The van der Waals surface area contributed by atoms with Crippen molar-refractivity contribution in [2.45, 2.75) is 36.5 Å². The molecule has 0 aromatic heterocycles. The molecule has 17 rings (SSSR count). The molecule has 350 valence electrons. The summed E-state index contributed by atoms with van der Waals surface area (Å²) in [4.78, 5) is 2.70. The van der Waals surface area contributed by atoms with E-state index in [1.807, 2.05) is 0 Å². The zero-order chi connectivity index (χ0) is 49.0. The van der Waals surface area contributed by atoms with Crippen molar-refractivity contribution in [2.24, 2.45) is 0 Å². The molecule has 13 aromatic rings. The monoisotopic (exact) mass is 951 g/mol. The van der Waals surface area contributed by atoms with Crippen LogP contribution in [0.25, 0.3) is 98.4 Å². The molecule has 0 radical (unpaired) electrons. The Balaban J connectivity index is 1.06. The van der Waals surface area contributed by atoms with Crippen LogP contribution < -0.4 is 4.90 Å². The molecule has 75 heavy (non-hydrogen) atoms. The van der Waals surface area contributed by atoms with E-state index >= 15 is 0 Å². The van der Waals surface area contributed by atoms with Crippen molar-refractivity contribution in [3.05, 3.63) is 282 Å². The first-order valence-corrected chi connectivity index (χ1v) is 27.0. The third-order valence-corrected chi connectivity index (χ3v) is 18.4. The Morgan fingerprint density at radius 2 is 0.747 bits per heavy atom. The Hall–Kier alpha value is -9.04. The van der Waals surface area contributed by atoms with E-state index in [0.29, 0.717) is 0 Å². The second-order valence-electron chi connectivity index (χ2n) is 21.7. The van der Waals surface area contributed by atoms with Crippen molar-refractivity contribution in [1.82, 2.24) is 0 Å². The van der Waals surface area contributed by atoms with Crippen LogP contribution in [0.3, 0.4) is 0 Å². The van der Waals surface area contributed by atoms with Gasteiger partial charge >= 0.3 is 0 Å². The van der Waals surface area contributed by atoms with Gasteiger partial charge in [-0.3, -0.25) is 0 Å². The maximum absolute atomic E-state index is 2.70. The lowest BCUT2D eigenvalue weighted by atomic mass is 9.70. The Bertz CT molecular complexity index is 4540. The lowest BCUT2D eigenvalue weighted by molar-refractivity contribution is 0.550. The van der Waals surface area contributed by atoms with Gasteiger partial charge in [-0.05, 0) is 170 Å². The molecule has 2 spiro atoms. The first-order chi connectivity index (χ1) is 37.2. The van der Waals surface area contributed by atoms with E-state index in [0.717, 1.165) is 5.69 Å². The van der Waals surface area contributed by atoms with Gasteiger partial charge in [0.25, 0.3) is 0 Å². The van der Waals surface area contributed by atoms with E-state index in [9.17, 15) is 0 Å². The van der Waals surface area contributed by atoms with Gasteiger partial charge in [0, 0.05) is 22.2 Å². The number of fused-ring (bicyclic) bond motifs is 24. The minimum Gasteiger partial charge on any atom is -0.309 e. The van der Waals surface area contributed by atoms with Crippen LogP contribution in [0.5, 0.6) is 0 Å². The summed E-state index contributed by atoms with van der Waals surface area (Å²) >= 11 is 0. The summed E-state index contributed by atoms with van der Waals surface area (Å²) in [7, 11) is 0. The Morgan fingerprint density at radius 1 is 0.267 bits per heavy atom. The first kappa shape index (κ1) is 41.4. The molecule has 1 heteroatoms. The van der Waals surface area contributed by atoms with E-state index in [-0.39, 0.29) is 5.41 Å². The van der Waals surface area contributed by atoms with Crippen LogP contribution in [0.2, 0.25) is 0 Å². The fourth-order valence-electron chi connectivity index (χ4n) is 15.4. The van der Waals surface area contributed by atoms with Crippen LogP contribution in [0.15, 0.2) is 249 Å². The molecule has 1 nitrogen and oxygen atoms in total. The van der Waals surface area contributed by atoms with E-state index in [2.05, 4.69) is 254 Å². The van der Waals surface area contributed by atoms with Gasteiger partial charge in [0.1, 0.15) is 0 Å². The van der Waals surface area contributed by atoms with Crippen LogP contribution in [0.1, 0.15) is 59.1 Å². The van der Waals surface area contributed by atoms with E-state index in [4.69, 9.17) is 0 Å². The molecule has 0 saturated heterocycles. The number of nitrogens with zero attached hydrogens (tertiary/aromatic N) is 1. The predicted octanol–water partition coefficient (Wildman–Crippen LogP) is 19.8.